The molecule has 1 amide bonds. The summed E-state index contributed by atoms with van der Waals surface area (Å²) in [6, 6.07) is 4.32. The lowest BCUT2D eigenvalue weighted by Gasteiger charge is -2.10. The summed E-state index contributed by atoms with van der Waals surface area (Å²) in [6.45, 7) is 3.64. The van der Waals surface area contributed by atoms with Crippen LogP contribution in [0.25, 0.3) is 0 Å². The molecule has 1 atom stereocenters. The number of benzene rings is 1. The van der Waals surface area contributed by atoms with E-state index in [2.05, 4.69) is 4.98 Å². The summed E-state index contributed by atoms with van der Waals surface area (Å²) in [5.41, 5.74) is 1.63. The maximum Gasteiger partial charge on any atom is 0.266 e. The number of aryl methyl sites for hydroxylation is 1. The Morgan fingerprint density at radius 2 is 2.08 bits per heavy atom. The molecule has 3 rings (SSSR count). The Hall–Kier alpha value is -2.12. The van der Waals surface area contributed by atoms with Crippen molar-refractivity contribution in [2.24, 2.45) is 0 Å². The van der Waals surface area contributed by atoms with Crippen LogP contribution in [-0.2, 0) is 16.4 Å². The third-order valence-corrected chi connectivity index (χ3v) is 5.19. The quantitative estimate of drug-likeness (QED) is 0.902. The van der Waals surface area contributed by atoms with E-state index in [1.165, 1.54) is 18.3 Å². The van der Waals surface area contributed by atoms with E-state index in [0.29, 0.717) is 17.7 Å². The van der Waals surface area contributed by atoms with E-state index >= 15 is 0 Å². The fourth-order valence-corrected chi connectivity index (χ4v) is 3.93. The van der Waals surface area contributed by atoms with Crippen LogP contribution in [0, 0.1) is 6.92 Å². The van der Waals surface area contributed by atoms with Crippen molar-refractivity contribution in [3.05, 3.63) is 52.3 Å². The number of rotatable bonds is 3. The van der Waals surface area contributed by atoms with Gasteiger partial charge in [-0.05, 0) is 37.6 Å². The molecule has 0 unspecified atom stereocenters. The van der Waals surface area contributed by atoms with Gasteiger partial charge >= 0.3 is 0 Å². The van der Waals surface area contributed by atoms with E-state index < -0.39 is 15.9 Å². The van der Waals surface area contributed by atoms with E-state index in [-0.39, 0.29) is 21.6 Å². The predicted molar refractivity (Wildman–Crippen MR) is 88.9 cm³/mol. The zero-order chi connectivity index (χ0) is 17.5. The van der Waals surface area contributed by atoms with Crippen molar-refractivity contribution in [2.45, 2.75) is 31.3 Å². The summed E-state index contributed by atoms with van der Waals surface area (Å²) in [5, 5.41) is 0.210. The number of ether oxygens (including phenoxy) is 1. The molecule has 0 bridgehead atoms. The Labute approximate surface area is 144 Å². The largest absolute Gasteiger partial charge is 0.489 e. The van der Waals surface area contributed by atoms with Crippen molar-refractivity contribution in [2.75, 3.05) is 0 Å². The standard InChI is InChI=1S/C16H15ClN2O4S/c1-9-3-12(8-18-7-9)16(20)19-24(21,22)13-5-11-4-10(2)23-15(11)14(17)6-13/h3,5-8,10H,4H2,1-2H3,(H,19,20)/t10-/m1/s1. The van der Waals surface area contributed by atoms with Gasteiger partial charge in [0, 0.05) is 24.4 Å². The second-order valence-electron chi connectivity index (χ2n) is 5.71. The summed E-state index contributed by atoms with van der Waals surface area (Å²) in [7, 11) is -4.05. The second-order valence-corrected chi connectivity index (χ2v) is 7.80. The molecule has 0 aliphatic carbocycles. The molecular formula is C16H15ClN2O4S. The molecule has 126 valence electrons. The van der Waals surface area contributed by atoms with E-state index in [4.69, 9.17) is 16.3 Å². The molecule has 8 heteroatoms. The summed E-state index contributed by atoms with van der Waals surface area (Å²) in [4.78, 5) is 16.0. The third-order valence-electron chi connectivity index (χ3n) is 3.59. The first-order valence-corrected chi connectivity index (χ1v) is 9.10. The van der Waals surface area contributed by atoms with Crippen molar-refractivity contribution in [3.8, 4) is 5.75 Å². The Balaban J connectivity index is 1.90. The fourth-order valence-electron chi connectivity index (χ4n) is 2.53. The van der Waals surface area contributed by atoms with Crippen molar-refractivity contribution < 1.29 is 17.9 Å². The number of nitrogens with one attached hydrogen (secondary N) is 1. The molecule has 2 heterocycles. The molecule has 1 aliphatic rings. The van der Waals surface area contributed by atoms with Crippen LogP contribution in [0.2, 0.25) is 5.02 Å². The van der Waals surface area contributed by atoms with Crippen LogP contribution in [-0.4, -0.2) is 25.4 Å². The monoisotopic (exact) mass is 366 g/mol. The number of carbonyl (C=O) groups is 1. The van der Waals surface area contributed by atoms with Crippen LogP contribution in [0.3, 0.4) is 0 Å². The minimum absolute atomic E-state index is 0.0663. The molecule has 0 saturated heterocycles. The first-order valence-electron chi connectivity index (χ1n) is 7.24. The van der Waals surface area contributed by atoms with Gasteiger partial charge in [0.1, 0.15) is 11.9 Å². The minimum atomic E-state index is -4.05. The van der Waals surface area contributed by atoms with Crippen molar-refractivity contribution in [1.29, 1.82) is 0 Å². The molecule has 0 saturated carbocycles. The van der Waals surface area contributed by atoms with Gasteiger partial charge in [-0.3, -0.25) is 9.78 Å². The van der Waals surface area contributed by atoms with Crippen LogP contribution in [0.15, 0.2) is 35.5 Å². The van der Waals surface area contributed by atoms with Crippen LogP contribution in [0.5, 0.6) is 5.75 Å². The highest BCUT2D eigenvalue weighted by Crippen LogP contribution is 2.37. The molecule has 1 aromatic heterocycles. The van der Waals surface area contributed by atoms with Crippen molar-refractivity contribution >= 4 is 27.5 Å². The van der Waals surface area contributed by atoms with Gasteiger partial charge in [-0.15, -0.1) is 0 Å². The van der Waals surface area contributed by atoms with Crippen LogP contribution in [0.4, 0.5) is 0 Å². The number of nitrogens with zero attached hydrogens (tertiary/aromatic N) is 1. The highest BCUT2D eigenvalue weighted by atomic mass is 35.5. The van der Waals surface area contributed by atoms with Gasteiger partial charge in [0.15, 0.2) is 0 Å². The Morgan fingerprint density at radius 3 is 2.79 bits per heavy atom. The highest BCUT2D eigenvalue weighted by Gasteiger charge is 2.27. The lowest BCUT2D eigenvalue weighted by atomic mass is 10.1. The topological polar surface area (TPSA) is 85.4 Å². The lowest BCUT2D eigenvalue weighted by molar-refractivity contribution is 0.0981. The molecule has 0 fully saturated rings. The number of aromatic nitrogens is 1. The van der Waals surface area contributed by atoms with Gasteiger partial charge in [-0.25, -0.2) is 13.1 Å². The number of pyridine rings is 1. The zero-order valence-electron chi connectivity index (χ0n) is 13.0. The Bertz CT molecular complexity index is 928. The normalized spacial score (nSPS) is 16.4. The predicted octanol–water partition coefficient (Wildman–Crippen LogP) is 2.49. The Kier molecular flexibility index (Phi) is 4.23. The maximum absolute atomic E-state index is 12.5. The summed E-state index contributed by atoms with van der Waals surface area (Å²) in [6.07, 6.45) is 3.38. The van der Waals surface area contributed by atoms with Gasteiger partial charge in [-0.1, -0.05) is 11.6 Å². The van der Waals surface area contributed by atoms with E-state index in [9.17, 15) is 13.2 Å². The summed E-state index contributed by atoms with van der Waals surface area (Å²) in [5.74, 6) is -0.246. The number of sulfonamides is 1. The highest BCUT2D eigenvalue weighted by molar-refractivity contribution is 7.90. The number of hydrogen-bond acceptors (Lipinski definition) is 5. The van der Waals surface area contributed by atoms with E-state index in [1.807, 2.05) is 11.6 Å². The average Bonchev–Trinajstić information content (AvgIpc) is 2.88. The van der Waals surface area contributed by atoms with E-state index in [1.54, 1.807) is 19.2 Å². The first kappa shape index (κ1) is 16.7. The van der Waals surface area contributed by atoms with Crippen molar-refractivity contribution in [3.63, 3.8) is 0 Å². The van der Waals surface area contributed by atoms with Crippen LogP contribution in [0.1, 0.15) is 28.4 Å². The number of carbonyl (C=O) groups excluding carboxylic acids is 1. The SMILES string of the molecule is Cc1cncc(C(=O)NS(=O)(=O)c2cc(Cl)c3c(c2)C[C@@H](C)O3)c1. The molecule has 0 spiro atoms. The summed E-state index contributed by atoms with van der Waals surface area (Å²) < 4.78 is 32.6. The first-order chi connectivity index (χ1) is 11.3. The van der Waals surface area contributed by atoms with Gasteiger partial charge in [0.2, 0.25) is 0 Å². The molecule has 24 heavy (non-hydrogen) atoms. The third kappa shape index (κ3) is 3.22. The average molecular weight is 367 g/mol. The molecule has 1 aliphatic heterocycles. The summed E-state index contributed by atoms with van der Waals surface area (Å²) >= 11 is 6.11. The van der Waals surface area contributed by atoms with Gasteiger partial charge < -0.3 is 4.74 Å². The molecule has 0 radical (unpaired) electrons. The lowest BCUT2D eigenvalue weighted by Crippen LogP contribution is -2.30. The van der Waals surface area contributed by atoms with Crippen molar-refractivity contribution in [1.82, 2.24) is 9.71 Å². The number of fused-ring (bicyclic) bond motifs is 1. The smallest absolute Gasteiger partial charge is 0.266 e. The number of halogens is 1. The molecule has 2 aromatic rings. The number of hydrogen-bond donors (Lipinski definition) is 1. The molecule has 6 nitrogen and oxygen atoms in total. The van der Waals surface area contributed by atoms with Gasteiger partial charge in [0.05, 0.1) is 15.5 Å². The van der Waals surface area contributed by atoms with Gasteiger partial charge in [-0.2, -0.15) is 0 Å². The van der Waals surface area contributed by atoms with Crippen LogP contribution < -0.4 is 9.46 Å². The minimum Gasteiger partial charge on any atom is -0.489 e. The Morgan fingerprint density at radius 1 is 1.33 bits per heavy atom. The van der Waals surface area contributed by atoms with Gasteiger partial charge in [0.25, 0.3) is 15.9 Å². The van der Waals surface area contributed by atoms with Crippen LogP contribution >= 0.6 is 11.6 Å². The molecule has 1 N–H and O–H groups in total. The number of amides is 1. The maximum atomic E-state index is 12.5. The van der Waals surface area contributed by atoms with E-state index in [0.717, 1.165) is 5.56 Å². The zero-order valence-corrected chi connectivity index (χ0v) is 14.6. The second kappa shape index (κ2) is 6.07. The fraction of sp³-hybridized carbons (Fsp3) is 0.250. The molecule has 1 aromatic carbocycles. The molecular weight excluding hydrogens is 352 g/mol.